The van der Waals surface area contributed by atoms with Crippen molar-refractivity contribution < 1.29 is 18.7 Å². The third-order valence-electron chi connectivity index (χ3n) is 3.65. The largest absolute Gasteiger partial charge is 0.459 e. The topological polar surface area (TPSA) is 55.4 Å². The molecule has 0 saturated heterocycles. The van der Waals surface area contributed by atoms with Crippen molar-refractivity contribution >= 4 is 35.1 Å². The Morgan fingerprint density at radius 3 is 2.50 bits per heavy atom. The van der Waals surface area contributed by atoms with Crippen LogP contribution in [0.4, 0.5) is 4.39 Å². The normalized spacial score (nSPS) is 11.9. The Morgan fingerprint density at radius 1 is 1.15 bits per heavy atom. The number of carbonyl (C=O) groups excluding carboxylic acids is 2. The van der Waals surface area contributed by atoms with E-state index in [9.17, 15) is 14.0 Å². The van der Waals surface area contributed by atoms with E-state index in [1.807, 2.05) is 0 Å². The molecule has 2 aromatic carbocycles. The van der Waals surface area contributed by atoms with Gasteiger partial charge in [0.05, 0.1) is 10.6 Å². The third kappa shape index (κ3) is 5.44. The number of nitrogens with one attached hydrogen (secondary N) is 1. The molecule has 4 nitrogen and oxygen atoms in total. The number of ether oxygens (including phenoxy) is 1. The number of carbonyl (C=O) groups is 2. The van der Waals surface area contributed by atoms with Crippen molar-refractivity contribution in [2.45, 2.75) is 26.5 Å². The van der Waals surface area contributed by atoms with Gasteiger partial charge in [-0.15, -0.1) is 0 Å². The maximum Gasteiger partial charge on any atom is 0.329 e. The maximum absolute atomic E-state index is 13.2. The third-order valence-corrected chi connectivity index (χ3v) is 4.20. The van der Waals surface area contributed by atoms with Gasteiger partial charge in [0.2, 0.25) is 0 Å². The summed E-state index contributed by atoms with van der Waals surface area (Å²) in [5.41, 5.74) is 0.729. The average molecular weight is 398 g/mol. The van der Waals surface area contributed by atoms with Crippen LogP contribution in [0.3, 0.4) is 0 Å². The van der Waals surface area contributed by atoms with Crippen molar-refractivity contribution in [1.29, 1.82) is 0 Å². The van der Waals surface area contributed by atoms with Gasteiger partial charge in [0.1, 0.15) is 18.5 Å². The summed E-state index contributed by atoms with van der Waals surface area (Å²) in [6.45, 7) is 3.47. The van der Waals surface area contributed by atoms with E-state index in [0.29, 0.717) is 10.6 Å². The smallest absolute Gasteiger partial charge is 0.329 e. The van der Waals surface area contributed by atoms with Crippen LogP contribution in [-0.2, 0) is 16.1 Å². The summed E-state index contributed by atoms with van der Waals surface area (Å²) in [7, 11) is 0. The summed E-state index contributed by atoms with van der Waals surface area (Å²) in [5.74, 6) is -1.74. The molecule has 0 unspecified atom stereocenters. The first-order valence-corrected chi connectivity index (χ1v) is 8.70. The Kier molecular flexibility index (Phi) is 7.00. The van der Waals surface area contributed by atoms with Gasteiger partial charge in [0, 0.05) is 5.02 Å². The number of benzene rings is 2. The number of esters is 1. The monoisotopic (exact) mass is 397 g/mol. The van der Waals surface area contributed by atoms with Gasteiger partial charge in [-0.05, 0) is 41.8 Å². The van der Waals surface area contributed by atoms with Crippen LogP contribution in [-0.4, -0.2) is 17.9 Å². The molecule has 1 atom stereocenters. The molecule has 26 heavy (non-hydrogen) atoms. The molecule has 0 bridgehead atoms. The molecule has 0 aliphatic rings. The molecule has 0 aromatic heterocycles. The first kappa shape index (κ1) is 20.2. The second kappa shape index (κ2) is 9.01. The highest BCUT2D eigenvalue weighted by Crippen LogP contribution is 2.21. The molecule has 0 saturated carbocycles. The minimum Gasteiger partial charge on any atom is -0.459 e. The highest BCUT2D eigenvalue weighted by molar-refractivity contribution is 6.36. The van der Waals surface area contributed by atoms with Crippen LogP contribution in [0.5, 0.6) is 0 Å². The van der Waals surface area contributed by atoms with Crippen LogP contribution in [0.15, 0.2) is 42.5 Å². The van der Waals surface area contributed by atoms with Crippen molar-refractivity contribution in [3.05, 3.63) is 69.5 Å². The summed E-state index contributed by atoms with van der Waals surface area (Å²) >= 11 is 11.8. The molecule has 0 heterocycles. The molecule has 2 aromatic rings. The number of hydrogen-bond acceptors (Lipinski definition) is 3. The SMILES string of the molecule is CC(C)[C@H](NC(=O)c1ccc(Cl)cc1Cl)C(=O)OCc1cccc(F)c1. The first-order valence-electron chi connectivity index (χ1n) is 7.95. The summed E-state index contributed by atoms with van der Waals surface area (Å²) in [4.78, 5) is 24.8. The Hall–Kier alpha value is -2.11. The Labute approximate surface area is 161 Å². The molecule has 7 heteroatoms. The van der Waals surface area contributed by atoms with Crippen molar-refractivity contribution in [3.63, 3.8) is 0 Å². The highest BCUT2D eigenvalue weighted by Gasteiger charge is 2.27. The Bertz CT molecular complexity index is 811. The summed E-state index contributed by atoms with van der Waals surface area (Å²) in [6, 6.07) is 9.36. The predicted octanol–water partition coefficient (Wildman–Crippen LogP) is 4.63. The summed E-state index contributed by atoms with van der Waals surface area (Å²) in [5, 5.41) is 3.22. The van der Waals surface area contributed by atoms with Gasteiger partial charge in [0.25, 0.3) is 5.91 Å². The zero-order valence-electron chi connectivity index (χ0n) is 14.3. The fraction of sp³-hybridized carbons (Fsp3) is 0.263. The van der Waals surface area contributed by atoms with Crippen LogP contribution >= 0.6 is 23.2 Å². The van der Waals surface area contributed by atoms with Gasteiger partial charge in [-0.1, -0.05) is 49.2 Å². The van der Waals surface area contributed by atoms with Crippen molar-refractivity contribution in [2.24, 2.45) is 5.92 Å². The molecule has 2 rings (SSSR count). The average Bonchev–Trinajstić information content (AvgIpc) is 2.57. The zero-order chi connectivity index (χ0) is 19.3. The molecule has 1 N–H and O–H groups in total. The lowest BCUT2D eigenvalue weighted by atomic mass is 10.0. The zero-order valence-corrected chi connectivity index (χ0v) is 15.8. The lowest BCUT2D eigenvalue weighted by Crippen LogP contribution is -2.45. The quantitative estimate of drug-likeness (QED) is 0.722. The first-order chi connectivity index (χ1) is 12.3. The van der Waals surface area contributed by atoms with Gasteiger partial charge in [-0.25, -0.2) is 9.18 Å². The number of rotatable bonds is 6. The molecular formula is C19H18Cl2FNO3. The number of amides is 1. The van der Waals surface area contributed by atoms with Crippen molar-refractivity contribution in [1.82, 2.24) is 5.32 Å². The summed E-state index contributed by atoms with van der Waals surface area (Å²) < 4.78 is 18.4. The van der Waals surface area contributed by atoms with E-state index < -0.39 is 23.7 Å². The molecule has 0 fully saturated rings. The van der Waals surface area contributed by atoms with E-state index in [1.54, 1.807) is 19.9 Å². The van der Waals surface area contributed by atoms with E-state index in [4.69, 9.17) is 27.9 Å². The second-order valence-electron chi connectivity index (χ2n) is 6.06. The van der Waals surface area contributed by atoms with E-state index in [1.165, 1.54) is 36.4 Å². The van der Waals surface area contributed by atoms with Gasteiger partial charge < -0.3 is 10.1 Å². The minimum atomic E-state index is -0.872. The van der Waals surface area contributed by atoms with Gasteiger partial charge in [0.15, 0.2) is 0 Å². The van der Waals surface area contributed by atoms with E-state index in [2.05, 4.69) is 5.32 Å². The number of halogens is 3. The lowest BCUT2D eigenvalue weighted by Gasteiger charge is -2.21. The van der Waals surface area contributed by atoms with Crippen molar-refractivity contribution in [2.75, 3.05) is 0 Å². The minimum absolute atomic E-state index is 0.0859. The molecule has 1 amide bonds. The van der Waals surface area contributed by atoms with Crippen LogP contribution in [0, 0.1) is 11.7 Å². The standard InChI is InChI=1S/C19H18Cl2FNO3/c1-11(2)17(19(25)26-10-12-4-3-5-14(22)8-12)23-18(24)15-7-6-13(20)9-16(15)21/h3-9,11,17H,10H2,1-2H3,(H,23,24)/t17-/m0/s1. The van der Waals surface area contributed by atoms with E-state index in [-0.39, 0.29) is 23.1 Å². The van der Waals surface area contributed by atoms with Gasteiger partial charge in [-0.2, -0.15) is 0 Å². The number of hydrogen-bond donors (Lipinski definition) is 1. The van der Waals surface area contributed by atoms with Gasteiger partial charge in [-0.3, -0.25) is 4.79 Å². The second-order valence-corrected chi connectivity index (χ2v) is 6.90. The molecule has 0 radical (unpaired) electrons. The van der Waals surface area contributed by atoms with Crippen LogP contribution < -0.4 is 5.32 Å². The fourth-order valence-corrected chi connectivity index (χ4v) is 2.76. The van der Waals surface area contributed by atoms with E-state index in [0.717, 1.165) is 0 Å². The highest BCUT2D eigenvalue weighted by atomic mass is 35.5. The molecule has 138 valence electrons. The van der Waals surface area contributed by atoms with Crippen LogP contribution in [0.1, 0.15) is 29.8 Å². The molecule has 0 aliphatic carbocycles. The van der Waals surface area contributed by atoms with Crippen molar-refractivity contribution in [3.8, 4) is 0 Å². The Balaban J connectivity index is 2.05. The summed E-state index contributed by atoms with van der Waals surface area (Å²) in [6.07, 6.45) is 0. The van der Waals surface area contributed by atoms with Crippen LogP contribution in [0.2, 0.25) is 10.0 Å². The van der Waals surface area contributed by atoms with Crippen LogP contribution in [0.25, 0.3) is 0 Å². The Morgan fingerprint density at radius 2 is 1.88 bits per heavy atom. The lowest BCUT2D eigenvalue weighted by molar-refractivity contribution is -0.148. The molecule has 0 aliphatic heterocycles. The fourth-order valence-electron chi connectivity index (χ4n) is 2.26. The molecular weight excluding hydrogens is 380 g/mol. The predicted molar refractivity (Wildman–Crippen MR) is 98.8 cm³/mol. The van der Waals surface area contributed by atoms with Gasteiger partial charge >= 0.3 is 5.97 Å². The molecule has 0 spiro atoms. The van der Waals surface area contributed by atoms with E-state index >= 15 is 0 Å². The maximum atomic E-state index is 13.2.